The number of halogens is 2. The van der Waals surface area contributed by atoms with Crippen LogP contribution in [-0.2, 0) is 20.9 Å². The Balaban J connectivity index is 1.96. The van der Waals surface area contributed by atoms with Crippen LogP contribution in [0.3, 0.4) is 0 Å². The molecule has 0 radical (unpaired) electrons. The molecule has 0 bridgehead atoms. The Kier molecular flexibility index (Phi) is 6.26. The number of carbonyl (C=O) groups excluding carboxylic acids is 2. The van der Waals surface area contributed by atoms with Gasteiger partial charge in [0.15, 0.2) is 0 Å². The zero-order chi connectivity index (χ0) is 22.1. The minimum absolute atomic E-state index is 0.135. The lowest BCUT2D eigenvalue weighted by molar-refractivity contribution is -0.148. The van der Waals surface area contributed by atoms with Crippen LogP contribution in [0.1, 0.15) is 38.1 Å². The number of methoxy groups -OCH3 is 1. The molecule has 6 nitrogen and oxygen atoms in total. The van der Waals surface area contributed by atoms with Crippen LogP contribution >= 0.6 is 0 Å². The molecule has 2 aromatic rings. The number of hydrogen-bond donors (Lipinski definition) is 0. The van der Waals surface area contributed by atoms with Gasteiger partial charge >= 0.3 is 0 Å². The van der Waals surface area contributed by atoms with Crippen molar-refractivity contribution in [2.75, 3.05) is 26.8 Å². The Labute approximate surface area is 175 Å². The first-order valence-corrected chi connectivity index (χ1v) is 9.82. The SMILES string of the molecule is COCC(=O)N(CC(=O)N1CCn2cccc2[C@@H]1c1ccc(F)cc1F)C(C)(C)C. The highest BCUT2D eigenvalue weighted by molar-refractivity contribution is 5.86. The van der Waals surface area contributed by atoms with Crippen molar-refractivity contribution in [3.05, 3.63) is 59.4 Å². The molecule has 1 aliphatic heterocycles. The van der Waals surface area contributed by atoms with Gasteiger partial charge in [0.25, 0.3) is 0 Å². The maximum absolute atomic E-state index is 14.7. The van der Waals surface area contributed by atoms with Crippen LogP contribution in [-0.4, -0.2) is 58.5 Å². The van der Waals surface area contributed by atoms with Crippen LogP contribution < -0.4 is 0 Å². The highest BCUT2D eigenvalue weighted by atomic mass is 19.1. The van der Waals surface area contributed by atoms with E-state index in [0.717, 1.165) is 11.8 Å². The molecule has 2 heterocycles. The summed E-state index contributed by atoms with van der Waals surface area (Å²) in [4.78, 5) is 28.9. The summed E-state index contributed by atoms with van der Waals surface area (Å²) < 4.78 is 35.1. The van der Waals surface area contributed by atoms with E-state index < -0.39 is 23.2 Å². The third-order valence-electron chi connectivity index (χ3n) is 5.29. The lowest BCUT2D eigenvalue weighted by atomic mass is 9.98. The predicted octanol–water partition coefficient (Wildman–Crippen LogP) is 2.97. The molecule has 0 unspecified atom stereocenters. The number of carbonyl (C=O) groups is 2. The van der Waals surface area contributed by atoms with E-state index in [4.69, 9.17) is 4.74 Å². The maximum Gasteiger partial charge on any atom is 0.249 e. The van der Waals surface area contributed by atoms with Crippen LogP contribution in [0.4, 0.5) is 8.78 Å². The molecule has 0 aliphatic carbocycles. The largest absolute Gasteiger partial charge is 0.375 e. The predicted molar refractivity (Wildman–Crippen MR) is 108 cm³/mol. The first kappa shape index (κ1) is 22.0. The second-order valence-corrected chi connectivity index (χ2v) is 8.37. The molecule has 30 heavy (non-hydrogen) atoms. The first-order valence-electron chi connectivity index (χ1n) is 9.82. The highest BCUT2D eigenvalue weighted by Gasteiger charge is 2.36. The molecule has 0 fully saturated rings. The van der Waals surface area contributed by atoms with Crippen LogP contribution in [0, 0.1) is 11.6 Å². The Morgan fingerprint density at radius 2 is 1.93 bits per heavy atom. The average Bonchev–Trinajstić information content (AvgIpc) is 3.13. The smallest absolute Gasteiger partial charge is 0.249 e. The van der Waals surface area contributed by atoms with Crippen molar-refractivity contribution in [2.24, 2.45) is 0 Å². The fraction of sp³-hybridized carbons (Fsp3) is 0.455. The van der Waals surface area contributed by atoms with Gasteiger partial charge in [-0.2, -0.15) is 0 Å². The lowest BCUT2D eigenvalue weighted by Gasteiger charge is -2.41. The van der Waals surface area contributed by atoms with Crippen molar-refractivity contribution in [1.82, 2.24) is 14.4 Å². The highest BCUT2D eigenvalue weighted by Crippen LogP contribution is 2.34. The van der Waals surface area contributed by atoms with E-state index in [-0.39, 0.29) is 30.5 Å². The molecular formula is C22H27F2N3O3. The summed E-state index contributed by atoms with van der Waals surface area (Å²) in [6, 6.07) is 6.33. The van der Waals surface area contributed by atoms with Gasteiger partial charge in [-0.1, -0.05) is 6.07 Å². The van der Waals surface area contributed by atoms with E-state index in [1.54, 1.807) is 4.90 Å². The van der Waals surface area contributed by atoms with Crippen molar-refractivity contribution < 1.29 is 23.1 Å². The standard InChI is InChI=1S/C22H27F2N3O3/c1-22(2,3)27(20(29)14-30-4)13-19(28)26-11-10-25-9-5-6-18(25)21(26)16-8-7-15(23)12-17(16)24/h5-9,12,21H,10-11,13-14H2,1-4H3/t21-/m0/s1. The van der Waals surface area contributed by atoms with Crippen molar-refractivity contribution in [3.63, 3.8) is 0 Å². The molecule has 1 aromatic heterocycles. The Hall–Kier alpha value is -2.74. The van der Waals surface area contributed by atoms with Gasteiger partial charge in [-0.25, -0.2) is 8.78 Å². The summed E-state index contributed by atoms with van der Waals surface area (Å²) in [5, 5.41) is 0. The van der Waals surface area contributed by atoms with Crippen LogP contribution in [0.15, 0.2) is 36.5 Å². The quantitative estimate of drug-likeness (QED) is 0.749. The van der Waals surface area contributed by atoms with E-state index in [2.05, 4.69) is 0 Å². The lowest BCUT2D eigenvalue weighted by Crippen LogP contribution is -2.54. The number of amides is 2. The van der Waals surface area contributed by atoms with Gasteiger partial charge in [0, 0.05) is 49.3 Å². The second kappa shape index (κ2) is 8.55. The number of rotatable bonds is 5. The third-order valence-corrected chi connectivity index (χ3v) is 5.29. The van der Waals surface area contributed by atoms with Gasteiger partial charge in [-0.15, -0.1) is 0 Å². The summed E-state index contributed by atoms with van der Waals surface area (Å²) in [7, 11) is 1.42. The van der Waals surface area contributed by atoms with Gasteiger partial charge in [0.2, 0.25) is 11.8 Å². The van der Waals surface area contributed by atoms with E-state index in [1.165, 1.54) is 24.1 Å². The number of ether oxygens (including phenoxy) is 1. The molecule has 0 N–H and O–H groups in total. The fourth-order valence-corrected chi connectivity index (χ4v) is 3.83. The van der Waals surface area contributed by atoms with E-state index in [0.29, 0.717) is 13.1 Å². The molecule has 3 rings (SSSR count). The summed E-state index contributed by atoms with van der Waals surface area (Å²) in [6.45, 7) is 6.12. The molecule has 0 saturated heterocycles. The van der Waals surface area contributed by atoms with Crippen molar-refractivity contribution >= 4 is 11.8 Å². The molecule has 2 amide bonds. The van der Waals surface area contributed by atoms with Crippen molar-refractivity contribution in [1.29, 1.82) is 0 Å². The molecule has 1 aromatic carbocycles. The normalized spacial score (nSPS) is 16.3. The second-order valence-electron chi connectivity index (χ2n) is 8.37. The van der Waals surface area contributed by atoms with Gasteiger partial charge in [0.05, 0.1) is 0 Å². The monoisotopic (exact) mass is 419 g/mol. The van der Waals surface area contributed by atoms with Gasteiger partial charge in [-0.05, 0) is 39.0 Å². The topological polar surface area (TPSA) is 54.8 Å². The number of nitrogens with zero attached hydrogens (tertiary/aromatic N) is 3. The summed E-state index contributed by atoms with van der Waals surface area (Å²) in [6.07, 6.45) is 1.87. The fourth-order valence-electron chi connectivity index (χ4n) is 3.83. The molecular weight excluding hydrogens is 392 g/mol. The van der Waals surface area contributed by atoms with E-state index >= 15 is 0 Å². The van der Waals surface area contributed by atoms with Gasteiger partial charge < -0.3 is 19.1 Å². The Bertz CT molecular complexity index is 936. The molecule has 0 saturated carbocycles. The van der Waals surface area contributed by atoms with Gasteiger partial charge in [-0.3, -0.25) is 9.59 Å². The first-order chi connectivity index (χ1) is 14.1. The molecule has 1 aliphatic rings. The zero-order valence-corrected chi connectivity index (χ0v) is 17.7. The summed E-state index contributed by atoms with van der Waals surface area (Å²) >= 11 is 0. The molecule has 8 heteroatoms. The van der Waals surface area contributed by atoms with Crippen molar-refractivity contribution in [2.45, 2.75) is 38.9 Å². The van der Waals surface area contributed by atoms with Crippen LogP contribution in [0.5, 0.6) is 0 Å². The summed E-state index contributed by atoms with van der Waals surface area (Å²) in [5.74, 6) is -2.00. The molecule has 1 atom stereocenters. The molecule has 0 spiro atoms. The summed E-state index contributed by atoms with van der Waals surface area (Å²) in [5.41, 5.74) is 0.360. The Morgan fingerprint density at radius 3 is 2.57 bits per heavy atom. The molecule has 162 valence electrons. The number of aromatic nitrogens is 1. The van der Waals surface area contributed by atoms with Crippen LogP contribution in [0.2, 0.25) is 0 Å². The average molecular weight is 419 g/mol. The van der Waals surface area contributed by atoms with Gasteiger partial charge in [0.1, 0.15) is 30.8 Å². The van der Waals surface area contributed by atoms with E-state index in [9.17, 15) is 18.4 Å². The maximum atomic E-state index is 14.7. The number of benzene rings is 1. The third kappa shape index (κ3) is 4.38. The zero-order valence-electron chi connectivity index (χ0n) is 17.7. The van der Waals surface area contributed by atoms with E-state index in [1.807, 2.05) is 43.7 Å². The number of fused-ring (bicyclic) bond motifs is 1. The minimum atomic E-state index is -0.712. The van der Waals surface area contributed by atoms with Crippen LogP contribution in [0.25, 0.3) is 0 Å². The Morgan fingerprint density at radius 1 is 1.20 bits per heavy atom. The minimum Gasteiger partial charge on any atom is -0.375 e. The van der Waals surface area contributed by atoms with Crippen molar-refractivity contribution in [3.8, 4) is 0 Å². The number of hydrogen-bond acceptors (Lipinski definition) is 3.